The molecule has 0 radical (unpaired) electrons. The lowest BCUT2D eigenvalue weighted by Crippen LogP contribution is -2.35. The van der Waals surface area contributed by atoms with E-state index in [1.165, 1.54) is 5.56 Å². The first-order chi connectivity index (χ1) is 6.86. The summed E-state index contributed by atoms with van der Waals surface area (Å²) in [5.41, 5.74) is 1.24. The van der Waals surface area contributed by atoms with E-state index in [9.17, 15) is 0 Å². The summed E-state index contributed by atoms with van der Waals surface area (Å²) in [6.07, 6.45) is 3.71. The van der Waals surface area contributed by atoms with Gasteiger partial charge in [-0.2, -0.15) is 0 Å². The third-order valence-electron chi connectivity index (χ3n) is 2.34. The molecule has 0 aliphatic carbocycles. The molecule has 2 rings (SSSR count). The van der Waals surface area contributed by atoms with E-state index in [1.807, 2.05) is 12.3 Å². The van der Waals surface area contributed by atoms with E-state index >= 15 is 0 Å². The molecule has 76 valence electrons. The van der Waals surface area contributed by atoms with Gasteiger partial charge in [-0.15, -0.1) is 0 Å². The largest absolute Gasteiger partial charge is 0.379 e. The van der Waals surface area contributed by atoms with Gasteiger partial charge in [-0.1, -0.05) is 15.9 Å². The Hall–Kier alpha value is -0.450. The van der Waals surface area contributed by atoms with E-state index in [2.05, 4.69) is 25.8 Å². The highest BCUT2D eigenvalue weighted by Gasteiger charge is 2.11. The molecular weight excluding hydrogens is 244 g/mol. The van der Waals surface area contributed by atoms with Crippen LogP contribution in [0.25, 0.3) is 0 Å². The van der Waals surface area contributed by atoms with Crippen LogP contribution in [0.2, 0.25) is 0 Å². The average Bonchev–Trinajstić information content (AvgIpc) is 2.23. The number of pyridine rings is 1. The highest BCUT2D eigenvalue weighted by atomic mass is 79.9. The molecule has 0 N–H and O–H groups in total. The van der Waals surface area contributed by atoms with Crippen LogP contribution >= 0.6 is 15.9 Å². The number of ether oxygens (including phenoxy) is 1. The maximum Gasteiger partial charge on any atom is 0.0594 e. The van der Waals surface area contributed by atoms with E-state index in [0.717, 1.165) is 37.3 Å². The van der Waals surface area contributed by atoms with Crippen LogP contribution in [0.4, 0.5) is 0 Å². The highest BCUT2D eigenvalue weighted by molar-refractivity contribution is 9.10. The number of morpholine rings is 1. The van der Waals surface area contributed by atoms with Gasteiger partial charge in [-0.25, -0.2) is 0 Å². The maximum absolute atomic E-state index is 5.30. The van der Waals surface area contributed by atoms with Crippen molar-refractivity contribution in [3.05, 3.63) is 28.5 Å². The molecule has 1 aliphatic rings. The van der Waals surface area contributed by atoms with Crippen molar-refractivity contribution in [3.8, 4) is 0 Å². The van der Waals surface area contributed by atoms with E-state index in [0.29, 0.717) is 0 Å². The van der Waals surface area contributed by atoms with Crippen molar-refractivity contribution in [2.75, 3.05) is 26.3 Å². The summed E-state index contributed by atoms with van der Waals surface area (Å²) in [5, 5.41) is 0. The lowest BCUT2D eigenvalue weighted by atomic mass is 10.2. The predicted octanol–water partition coefficient (Wildman–Crippen LogP) is 1.68. The summed E-state index contributed by atoms with van der Waals surface area (Å²) >= 11 is 3.53. The molecule has 1 saturated heterocycles. The van der Waals surface area contributed by atoms with Crippen molar-refractivity contribution in [2.45, 2.75) is 6.54 Å². The quantitative estimate of drug-likeness (QED) is 0.806. The second-order valence-corrected chi connectivity index (χ2v) is 4.21. The molecule has 14 heavy (non-hydrogen) atoms. The second kappa shape index (κ2) is 4.87. The van der Waals surface area contributed by atoms with Gasteiger partial charge in [0.25, 0.3) is 0 Å². The van der Waals surface area contributed by atoms with E-state index in [4.69, 9.17) is 4.74 Å². The molecule has 4 heteroatoms. The van der Waals surface area contributed by atoms with E-state index < -0.39 is 0 Å². The number of rotatable bonds is 2. The molecule has 0 unspecified atom stereocenters. The van der Waals surface area contributed by atoms with Crippen molar-refractivity contribution < 1.29 is 4.74 Å². The monoisotopic (exact) mass is 256 g/mol. The lowest BCUT2D eigenvalue weighted by molar-refractivity contribution is 0.0340. The summed E-state index contributed by atoms with van der Waals surface area (Å²) in [7, 11) is 0. The van der Waals surface area contributed by atoms with Gasteiger partial charge < -0.3 is 4.74 Å². The summed E-state index contributed by atoms with van der Waals surface area (Å²) < 4.78 is 6.44. The minimum Gasteiger partial charge on any atom is -0.379 e. The van der Waals surface area contributed by atoms with Gasteiger partial charge in [0, 0.05) is 36.5 Å². The zero-order chi connectivity index (χ0) is 9.80. The van der Waals surface area contributed by atoms with Crippen molar-refractivity contribution >= 4 is 15.9 Å². The van der Waals surface area contributed by atoms with Gasteiger partial charge in [-0.3, -0.25) is 9.88 Å². The van der Waals surface area contributed by atoms with Gasteiger partial charge >= 0.3 is 0 Å². The number of halogens is 1. The standard InChI is InChI=1S/C10H13BrN2O/c11-10-1-2-12-7-9(10)8-13-3-5-14-6-4-13/h1-2,7H,3-6,8H2. The van der Waals surface area contributed by atoms with Gasteiger partial charge in [0.15, 0.2) is 0 Å². The number of aromatic nitrogens is 1. The highest BCUT2D eigenvalue weighted by Crippen LogP contribution is 2.16. The Labute approximate surface area is 92.2 Å². The lowest BCUT2D eigenvalue weighted by Gasteiger charge is -2.26. The van der Waals surface area contributed by atoms with Crippen LogP contribution in [0.1, 0.15) is 5.56 Å². The first-order valence-electron chi connectivity index (χ1n) is 4.75. The topological polar surface area (TPSA) is 25.4 Å². The van der Waals surface area contributed by atoms with E-state index in [-0.39, 0.29) is 0 Å². The summed E-state index contributed by atoms with van der Waals surface area (Å²) in [6, 6.07) is 1.98. The van der Waals surface area contributed by atoms with Crippen molar-refractivity contribution in [1.29, 1.82) is 0 Å². The number of hydrogen-bond donors (Lipinski definition) is 0. The maximum atomic E-state index is 5.30. The van der Waals surface area contributed by atoms with Crippen LogP contribution < -0.4 is 0 Å². The Morgan fingerprint density at radius 2 is 2.21 bits per heavy atom. The fraction of sp³-hybridized carbons (Fsp3) is 0.500. The Morgan fingerprint density at radius 3 is 2.93 bits per heavy atom. The Balaban J connectivity index is 1.99. The van der Waals surface area contributed by atoms with Crippen LogP contribution in [0.15, 0.2) is 22.9 Å². The molecule has 1 aromatic rings. The van der Waals surface area contributed by atoms with Gasteiger partial charge in [0.05, 0.1) is 13.2 Å². The van der Waals surface area contributed by atoms with Crippen LogP contribution in [0.3, 0.4) is 0 Å². The average molecular weight is 257 g/mol. The Morgan fingerprint density at radius 1 is 1.43 bits per heavy atom. The first kappa shape index (κ1) is 10.1. The van der Waals surface area contributed by atoms with Gasteiger partial charge in [0.1, 0.15) is 0 Å². The molecule has 0 aromatic carbocycles. The minimum absolute atomic E-state index is 0.845. The first-order valence-corrected chi connectivity index (χ1v) is 5.54. The second-order valence-electron chi connectivity index (χ2n) is 3.36. The van der Waals surface area contributed by atoms with Crippen molar-refractivity contribution in [1.82, 2.24) is 9.88 Å². The fourth-order valence-electron chi connectivity index (χ4n) is 1.53. The molecule has 0 spiro atoms. The predicted molar refractivity (Wildman–Crippen MR) is 58.0 cm³/mol. The third-order valence-corrected chi connectivity index (χ3v) is 3.12. The molecule has 1 aliphatic heterocycles. The number of nitrogens with zero attached hydrogens (tertiary/aromatic N) is 2. The van der Waals surface area contributed by atoms with Crippen LogP contribution in [-0.4, -0.2) is 36.2 Å². The van der Waals surface area contributed by atoms with Gasteiger partial charge in [-0.05, 0) is 11.6 Å². The Kier molecular flexibility index (Phi) is 3.50. The molecule has 0 amide bonds. The molecule has 3 nitrogen and oxygen atoms in total. The summed E-state index contributed by atoms with van der Waals surface area (Å²) in [4.78, 5) is 6.50. The normalized spacial score (nSPS) is 18.4. The fourth-order valence-corrected chi connectivity index (χ4v) is 1.87. The van der Waals surface area contributed by atoms with E-state index in [1.54, 1.807) is 6.20 Å². The van der Waals surface area contributed by atoms with Crippen LogP contribution in [0.5, 0.6) is 0 Å². The number of hydrogen-bond acceptors (Lipinski definition) is 3. The summed E-state index contributed by atoms with van der Waals surface area (Å²) in [5.74, 6) is 0. The van der Waals surface area contributed by atoms with Crippen LogP contribution in [0, 0.1) is 0 Å². The molecule has 0 atom stereocenters. The smallest absolute Gasteiger partial charge is 0.0594 e. The van der Waals surface area contributed by atoms with Crippen molar-refractivity contribution in [3.63, 3.8) is 0 Å². The minimum atomic E-state index is 0.845. The zero-order valence-corrected chi connectivity index (χ0v) is 9.53. The molecule has 1 fully saturated rings. The summed E-state index contributed by atoms with van der Waals surface area (Å²) in [6.45, 7) is 4.68. The molecule has 1 aromatic heterocycles. The molecular formula is C10H13BrN2O. The zero-order valence-electron chi connectivity index (χ0n) is 7.95. The Bertz CT molecular complexity index is 300. The van der Waals surface area contributed by atoms with Gasteiger partial charge in [0.2, 0.25) is 0 Å². The molecule has 0 bridgehead atoms. The molecule has 2 heterocycles. The molecule has 0 saturated carbocycles. The van der Waals surface area contributed by atoms with Crippen LogP contribution in [-0.2, 0) is 11.3 Å². The third kappa shape index (κ3) is 2.53. The SMILES string of the molecule is Brc1ccncc1CN1CCOCC1. The van der Waals surface area contributed by atoms with Crippen molar-refractivity contribution in [2.24, 2.45) is 0 Å².